The van der Waals surface area contributed by atoms with Gasteiger partial charge in [-0.3, -0.25) is 4.21 Å². The van der Waals surface area contributed by atoms with Crippen molar-refractivity contribution in [3.63, 3.8) is 0 Å². The number of hydrogen-bond donors (Lipinski definition) is 1. The maximum Gasteiger partial charge on any atom is 0.211 e. The third-order valence-corrected chi connectivity index (χ3v) is 4.87. The minimum atomic E-state index is -3.10. The lowest BCUT2D eigenvalue weighted by Gasteiger charge is -2.09. The van der Waals surface area contributed by atoms with E-state index in [1.165, 1.54) is 0 Å². The van der Waals surface area contributed by atoms with Crippen LogP contribution in [-0.4, -0.2) is 36.4 Å². The highest BCUT2D eigenvalue weighted by Gasteiger charge is 2.10. The average Bonchev–Trinajstić information content (AvgIpc) is 2.03. The molecule has 0 aliphatic carbocycles. The fourth-order valence-electron chi connectivity index (χ4n) is 0.925. The van der Waals surface area contributed by atoms with Gasteiger partial charge in [0.05, 0.1) is 5.75 Å². The maximum absolute atomic E-state index is 11.2. The number of rotatable bonds is 7. The molecule has 86 valence electrons. The molecule has 0 heterocycles. The second kappa shape index (κ2) is 6.53. The Morgan fingerprint density at radius 3 is 2.43 bits per heavy atom. The van der Waals surface area contributed by atoms with Gasteiger partial charge in [-0.05, 0) is 12.8 Å². The summed E-state index contributed by atoms with van der Waals surface area (Å²) in [5, 5.41) is 0.0410. The highest BCUT2D eigenvalue weighted by atomic mass is 32.2. The van der Waals surface area contributed by atoms with E-state index in [0.717, 1.165) is 0 Å². The Hall–Kier alpha value is 0.0600. The van der Waals surface area contributed by atoms with Crippen LogP contribution in [0.15, 0.2) is 0 Å². The predicted octanol–water partition coefficient (Wildman–Crippen LogP) is 0.473. The van der Waals surface area contributed by atoms with Crippen molar-refractivity contribution in [2.45, 2.75) is 31.9 Å². The van der Waals surface area contributed by atoms with Crippen LogP contribution in [-0.2, 0) is 20.8 Å². The summed E-state index contributed by atoms with van der Waals surface area (Å²) in [7, 11) is -3.98. The third kappa shape index (κ3) is 6.50. The predicted molar refractivity (Wildman–Crippen MR) is 60.2 cm³/mol. The Labute approximate surface area is 89.0 Å². The van der Waals surface area contributed by atoms with Gasteiger partial charge in [-0.25, -0.2) is 13.1 Å². The van der Waals surface area contributed by atoms with Crippen molar-refractivity contribution in [3.05, 3.63) is 0 Å². The summed E-state index contributed by atoms with van der Waals surface area (Å²) in [6, 6.07) is 0. The van der Waals surface area contributed by atoms with Gasteiger partial charge in [0.1, 0.15) is 0 Å². The van der Waals surface area contributed by atoms with Gasteiger partial charge in [0.15, 0.2) is 0 Å². The highest BCUT2D eigenvalue weighted by Crippen LogP contribution is 1.98. The molecule has 0 spiro atoms. The zero-order valence-corrected chi connectivity index (χ0v) is 10.6. The lowest BCUT2D eigenvalue weighted by molar-refractivity contribution is 0.576. The Morgan fingerprint density at radius 1 is 1.43 bits per heavy atom. The first-order chi connectivity index (χ1) is 6.39. The number of sulfonamides is 1. The minimum Gasteiger partial charge on any atom is -0.260 e. The van der Waals surface area contributed by atoms with Crippen LogP contribution in [0.1, 0.15) is 26.7 Å². The fraction of sp³-hybridized carbons (Fsp3) is 1.00. The molecule has 0 aromatic heterocycles. The molecule has 14 heavy (non-hydrogen) atoms. The van der Waals surface area contributed by atoms with Crippen LogP contribution < -0.4 is 4.72 Å². The molecule has 0 amide bonds. The summed E-state index contributed by atoms with van der Waals surface area (Å²) in [6.07, 6.45) is 2.86. The Morgan fingerprint density at radius 2 is 2.00 bits per heavy atom. The molecule has 0 saturated carbocycles. The molecule has 0 aliphatic rings. The van der Waals surface area contributed by atoms with E-state index < -0.39 is 20.8 Å². The monoisotopic (exact) mass is 241 g/mol. The van der Waals surface area contributed by atoms with Gasteiger partial charge in [-0.1, -0.05) is 13.8 Å². The van der Waals surface area contributed by atoms with E-state index in [-0.39, 0.29) is 11.0 Å². The molecule has 0 bridgehead atoms. The van der Waals surface area contributed by atoms with Gasteiger partial charge in [-0.15, -0.1) is 0 Å². The van der Waals surface area contributed by atoms with E-state index in [1.54, 1.807) is 6.26 Å². The topological polar surface area (TPSA) is 63.2 Å². The quantitative estimate of drug-likeness (QED) is 0.705. The molecule has 0 aromatic rings. The third-order valence-electron chi connectivity index (χ3n) is 1.91. The molecule has 0 fully saturated rings. The molecule has 0 aliphatic heterocycles. The molecule has 2 atom stereocenters. The van der Waals surface area contributed by atoms with E-state index in [0.29, 0.717) is 19.4 Å². The molecular formula is C8H19NO3S2. The Balaban J connectivity index is 3.79. The van der Waals surface area contributed by atoms with Gasteiger partial charge >= 0.3 is 0 Å². The molecule has 0 rings (SSSR count). The molecule has 0 radical (unpaired) electrons. The first-order valence-corrected chi connectivity index (χ1v) is 7.96. The van der Waals surface area contributed by atoms with E-state index in [4.69, 9.17) is 0 Å². The second-order valence-electron chi connectivity index (χ2n) is 3.31. The molecule has 2 unspecified atom stereocenters. The highest BCUT2D eigenvalue weighted by molar-refractivity contribution is 7.89. The van der Waals surface area contributed by atoms with Gasteiger partial charge in [0.25, 0.3) is 0 Å². The van der Waals surface area contributed by atoms with Crippen LogP contribution in [0.25, 0.3) is 0 Å². The van der Waals surface area contributed by atoms with E-state index in [2.05, 4.69) is 4.72 Å². The van der Waals surface area contributed by atoms with Gasteiger partial charge < -0.3 is 0 Å². The lowest BCUT2D eigenvalue weighted by atomic mass is 10.3. The first kappa shape index (κ1) is 14.1. The van der Waals surface area contributed by atoms with Crippen molar-refractivity contribution in [2.24, 2.45) is 0 Å². The minimum absolute atomic E-state index is 0.0410. The van der Waals surface area contributed by atoms with Gasteiger partial charge in [-0.2, -0.15) is 0 Å². The first-order valence-electron chi connectivity index (χ1n) is 4.68. The van der Waals surface area contributed by atoms with Crippen molar-refractivity contribution in [1.29, 1.82) is 0 Å². The summed E-state index contributed by atoms with van der Waals surface area (Å²) in [5.74, 6) is 0.163. The van der Waals surface area contributed by atoms with Crippen LogP contribution in [0.4, 0.5) is 0 Å². The summed E-state index contributed by atoms with van der Waals surface area (Å²) in [5.41, 5.74) is 0. The standard InChI is InChI=1S/C8H19NO3S2/c1-4-7-14(11,12)9-6-5-8(2)13(3)10/h8-9H,4-7H2,1-3H3. The van der Waals surface area contributed by atoms with E-state index in [9.17, 15) is 12.6 Å². The zero-order valence-electron chi connectivity index (χ0n) is 8.95. The summed E-state index contributed by atoms with van der Waals surface area (Å²) in [4.78, 5) is 0. The fourth-order valence-corrected chi connectivity index (χ4v) is 2.48. The molecular weight excluding hydrogens is 222 g/mol. The summed E-state index contributed by atoms with van der Waals surface area (Å²) in [6.45, 7) is 4.05. The molecule has 0 saturated heterocycles. The Kier molecular flexibility index (Phi) is 6.55. The molecule has 1 N–H and O–H groups in total. The number of nitrogens with one attached hydrogen (secondary N) is 1. The normalized spacial score (nSPS) is 16.5. The molecule has 6 heteroatoms. The van der Waals surface area contributed by atoms with Crippen LogP contribution in [0, 0.1) is 0 Å². The Bertz CT molecular complexity index is 274. The average molecular weight is 241 g/mol. The maximum atomic E-state index is 11.2. The van der Waals surface area contributed by atoms with Gasteiger partial charge in [0, 0.05) is 28.9 Å². The van der Waals surface area contributed by atoms with Crippen molar-refractivity contribution in [1.82, 2.24) is 4.72 Å². The van der Waals surface area contributed by atoms with E-state index >= 15 is 0 Å². The van der Waals surface area contributed by atoms with Crippen molar-refractivity contribution in [3.8, 4) is 0 Å². The summed E-state index contributed by atoms with van der Waals surface area (Å²) < 4.78 is 35.8. The van der Waals surface area contributed by atoms with E-state index in [1.807, 2.05) is 13.8 Å². The summed E-state index contributed by atoms with van der Waals surface area (Å²) >= 11 is 0. The SMILES string of the molecule is CCCS(=O)(=O)NCCC(C)S(C)=O. The lowest BCUT2D eigenvalue weighted by Crippen LogP contribution is -2.29. The van der Waals surface area contributed by atoms with Crippen molar-refractivity contribution < 1.29 is 12.6 Å². The van der Waals surface area contributed by atoms with Crippen LogP contribution in [0.3, 0.4) is 0 Å². The second-order valence-corrected chi connectivity index (χ2v) is 7.04. The van der Waals surface area contributed by atoms with Crippen LogP contribution in [0.5, 0.6) is 0 Å². The van der Waals surface area contributed by atoms with Gasteiger partial charge in [0.2, 0.25) is 10.0 Å². The van der Waals surface area contributed by atoms with Crippen molar-refractivity contribution in [2.75, 3.05) is 18.6 Å². The molecule has 0 aromatic carbocycles. The smallest absolute Gasteiger partial charge is 0.211 e. The largest absolute Gasteiger partial charge is 0.260 e. The molecule has 4 nitrogen and oxygen atoms in total. The van der Waals surface area contributed by atoms with Crippen molar-refractivity contribution >= 4 is 20.8 Å². The van der Waals surface area contributed by atoms with Crippen LogP contribution >= 0.6 is 0 Å². The number of hydrogen-bond acceptors (Lipinski definition) is 3. The zero-order chi connectivity index (χ0) is 11.2. The van der Waals surface area contributed by atoms with Crippen LogP contribution in [0.2, 0.25) is 0 Å².